The summed E-state index contributed by atoms with van der Waals surface area (Å²) in [6, 6.07) is 0. The Morgan fingerprint density at radius 3 is 0.906 bits per heavy atom. The molecular weight excluding hydrogens is 431 g/mol. The van der Waals surface area contributed by atoms with Gasteiger partial charge in [-0.05, 0) is 38.5 Å². The predicted octanol–water partition coefficient (Wildman–Crippen LogP) is 9.46. The highest BCUT2D eigenvalue weighted by Gasteiger charge is 2.67. The SMILES string of the molecule is CCCCCCCC[P+](CCCCCCCC)(CCCCCCCC)[Si](OC)(OC)OC. The van der Waals surface area contributed by atoms with Gasteiger partial charge >= 0.3 is 8.47 Å². The standard InChI is InChI=1S/C27H60O3PSi/c1-7-10-13-16-19-22-25-31(32(28-4,29-5)30-6,26-23-20-17-14-11-8-2)27-24-21-18-15-12-9-3/h7-27H2,1-6H3/q+1. The van der Waals surface area contributed by atoms with Gasteiger partial charge in [-0.2, -0.15) is 0 Å². The molecule has 194 valence electrons. The highest BCUT2D eigenvalue weighted by Crippen LogP contribution is 2.68. The van der Waals surface area contributed by atoms with E-state index in [1.807, 2.05) is 21.3 Å². The Bertz CT molecular complexity index is 342. The summed E-state index contributed by atoms with van der Waals surface area (Å²) in [5.74, 6) is 0. The van der Waals surface area contributed by atoms with Crippen LogP contribution in [0, 0.1) is 0 Å². The van der Waals surface area contributed by atoms with Gasteiger partial charge in [0.25, 0.3) is 0 Å². The minimum atomic E-state index is -2.61. The van der Waals surface area contributed by atoms with E-state index in [-0.39, 0.29) is 0 Å². The molecule has 0 heterocycles. The highest BCUT2D eigenvalue weighted by molar-refractivity contribution is 8.05. The zero-order valence-corrected chi connectivity index (χ0v) is 24.9. The molecule has 32 heavy (non-hydrogen) atoms. The molecule has 0 aromatic heterocycles. The summed E-state index contributed by atoms with van der Waals surface area (Å²) in [6.07, 6.45) is 28.4. The Morgan fingerprint density at radius 1 is 0.406 bits per heavy atom. The average molecular weight is 492 g/mol. The van der Waals surface area contributed by atoms with Crippen LogP contribution in [0.25, 0.3) is 0 Å². The summed E-state index contributed by atoms with van der Waals surface area (Å²) in [7, 11) is 2.96. The van der Waals surface area contributed by atoms with E-state index in [9.17, 15) is 0 Å². The molecular formula is C27H60O3PSi+. The number of hydrogen-bond donors (Lipinski definition) is 0. The molecule has 5 heteroatoms. The maximum Gasteiger partial charge on any atom is 0.695 e. The summed E-state index contributed by atoms with van der Waals surface area (Å²) in [5, 5.41) is 0. The van der Waals surface area contributed by atoms with Crippen LogP contribution in [0.2, 0.25) is 0 Å². The van der Waals surface area contributed by atoms with Crippen molar-refractivity contribution in [2.75, 3.05) is 39.8 Å². The van der Waals surface area contributed by atoms with Gasteiger partial charge in [0.1, 0.15) is 0 Å². The van der Waals surface area contributed by atoms with Crippen LogP contribution in [-0.4, -0.2) is 48.3 Å². The van der Waals surface area contributed by atoms with Crippen LogP contribution in [0.5, 0.6) is 0 Å². The Morgan fingerprint density at radius 2 is 0.656 bits per heavy atom. The molecule has 0 saturated heterocycles. The van der Waals surface area contributed by atoms with Crippen molar-refractivity contribution in [3.05, 3.63) is 0 Å². The van der Waals surface area contributed by atoms with E-state index in [0.29, 0.717) is 0 Å². The second-order valence-electron chi connectivity index (χ2n) is 9.76. The molecule has 0 radical (unpaired) electrons. The molecule has 0 unspecified atom stereocenters. The van der Waals surface area contributed by atoms with Gasteiger partial charge in [-0.3, -0.25) is 0 Å². The molecule has 3 nitrogen and oxygen atoms in total. The van der Waals surface area contributed by atoms with E-state index >= 15 is 0 Å². The molecule has 0 fully saturated rings. The van der Waals surface area contributed by atoms with Crippen molar-refractivity contribution in [3.63, 3.8) is 0 Å². The zero-order chi connectivity index (χ0) is 24.0. The first kappa shape index (κ1) is 32.5. The van der Waals surface area contributed by atoms with Gasteiger partial charge in [-0.15, -0.1) is 0 Å². The van der Waals surface area contributed by atoms with Crippen LogP contribution >= 0.6 is 6.81 Å². The Kier molecular flexibility index (Phi) is 22.4. The second-order valence-corrected chi connectivity index (χ2v) is 20.1. The van der Waals surface area contributed by atoms with Gasteiger partial charge in [0, 0.05) is 21.3 Å². The lowest BCUT2D eigenvalue weighted by atomic mass is 10.1. The summed E-state index contributed by atoms with van der Waals surface area (Å²) in [5.41, 5.74) is 0. The maximum atomic E-state index is 6.23. The lowest BCUT2D eigenvalue weighted by molar-refractivity contribution is 0.148. The fraction of sp³-hybridized carbons (Fsp3) is 1.00. The van der Waals surface area contributed by atoms with Crippen molar-refractivity contribution in [2.24, 2.45) is 0 Å². The van der Waals surface area contributed by atoms with Crippen LogP contribution in [0.3, 0.4) is 0 Å². The topological polar surface area (TPSA) is 27.7 Å². The number of rotatable bonds is 25. The fourth-order valence-electron chi connectivity index (χ4n) is 5.16. The first-order valence-corrected chi connectivity index (χ1v) is 19.0. The van der Waals surface area contributed by atoms with E-state index in [4.69, 9.17) is 13.3 Å². The van der Waals surface area contributed by atoms with E-state index in [1.165, 1.54) is 134 Å². The van der Waals surface area contributed by atoms with Crippen molar-refractivity contribution >= 4 is 15.3 Å². The van der Waals surface area contributed by atoms with Crippen molar-refractivity contribution in [1.29, 1.82) is 0 Å². The van der Waals surface area contributed by atoms with Crippen LogP contribution in [0.4, 0.5) is 0 Å². The van der Waals surface area contributed by atoms with E-state index in [1.54, 1.807) is 0 Å². The van der Waals surface area contributed by atoms with Gasteiger partial charge in [0.05, 0.1) is 25.3 Å². The molecule has 0 bridgehead atoms. The third-order valence-corrected chi connectivity index (χ3v) is 20.5. The van der Waals surface area contributed by atoms with Crippen LogP contribution in [-0.2, 0) is 13.3 Å². The zero-order valence-electron chi connectivity index (χ0n) is 23.0. The molecule has 0 rings (SSSR count). The third kappa shape index (κ3) is 12.8. The van der Waals surface area contributed by atoms with Crippen molar-refractivity contribution in [3.8, 4) is 0 Å². The molecule has 0 amide bonds. The maximum absolute atomic E-state index is 6.23. The Balaban J connectivity index is 5.22. The lowest BCUT2D eigenvalue weighted by Gasteiger charge is -2.37. The predicted molar refractivity (Wildman–Crippen MR) is 148 cm³/mol. The van der Waals surface area contributed by atoms with Crippen LogP contribution < -0.4 is 0 Å². The summed E-state index contributed by atoms with van der Waals surface area (Å²) < 4.78 is 18.7. The van der Waals surface area contributed by atoms with Gasteiger partial charge in [0.15, 0.2) is 0 Å². The first-order chi connectivity index (χ1) is 15.6. The molecule has 0 aromatic carbocycles. The number of unbranched alkanes of at least 4 members (excludes halogenated alkanes) is 15. The van der Waals surface area contributed by atoms with E-state index in [0.717, 1.165) is 0 Å². The van der Waals surface area contributed by atoms with Crippen molar-refractivity contribution < 1.29 is 13.3 Å². The molecule has 0 aliphatic carbocycles. The summed E-state index contributed by atoms with van der Waals surface area (Å²) >= 11 is 0. The average Bonchev–Trinajstić information content (AvgIpc) is 2.82. The van der Waals surface area contributed by atoms with Crippen LogP contribution in [0.15, 0.2) is 0 Å². The quantitative estimate of drug-likeness (QED) is 0.0723. The molecule has 0 aliphatic rings. The highest BCUT2D eigenvalue weighted by atomic mass is 31.4. The molecule has 0 aliphatic heterocycles. The van der Waals surface area contributed by atoms with E-state index in [2.05, 4.69) is 20.8 Å². The summed E-state index contributed by atoms with van der Waals surface area (Å²) in [6.45, 7) is 5.46. The Hall–Kier alpha value is 0.527. The smallest absolute Gasteiger partial charge is 0.345 e. The molecule has 0 saturated carbocycles. The van der Waals surface area contributed by atoms with Gasteiger partial charge in [-0.1, -0.05) is 97.8 Å². The molecule has 0 atom stereocenters. The summed E-state index contributed by atoms with van der Waals surface area (Å²) in [4.78, 5) is 0. The van der Waals surface area contributed by atoms with Crippen LogP contribution in [0.1, 0.15) is 136 Å². The fourth-order valence-corrected chi connectivity index (χ4v) is 18.2. The van der Waals surface area contributed by atoms with Gasteiger partial charge < -0.3 is 13.3 Å². The molecule has 0 aromatic rings. The lowest BCUT2D eigenvalue weighted by Crippen LogP contribution is -2.48. The van der Waals surface area contributed by atoms with Crippen molar-refractivity contribution in [2.45, 2.75) is 136 Å². The normalized spacial score (nSPS) is 12.6. The largest absolute Gasteiger partial charge is 0.695 e. The first-order valence-electron chi connectivity index (χ1n) is 14.1. The minimum absolute atomic E-state index is 1.31. The molecule has 0 spiro atoms. The van der Waals surface area contributed by atoms with Gasteiger partial charge in [0.2, 0.25) is 0 Å². The Labute approximate surface area is 204 Å². The molecule has 0 N–H and O–H groups in total. The van der Waals surface area contributed by atoms with Crippen molar-refractivity contribution in [1.82, 2.24) is 0 Å². The van der Waals surface area contributed by atoms with Gasteiger partial charge in [-0.25, -0.2) is 0 Å². The minimum Gasteiger partial charge on any atom is -0.345 e. The van der Waals surface area contributed by atoms with E-state index < -0.39 is 15.3 Å². The number of hydrogen-bond acceptors (Lipinski definition) is 3. The third-order valence-electron chi connectivity index (χ3n) is 7.17. The monoisotopic (exact) mass is 491 g/mol. The second kappa shape index (κ2) is 22.0.